The van der Waals surface area contributed by atoms with Crippen molar-refractivity contribution >= 4 is 39.1 Å². The van der Waals surface area contributed by atoms with Crippen LogP contribution in [-0.4, -0.2) is 40.3 Å². The van der Waals surface area contributed by atoms with Gasteiger partial charge in [0.15, 0.2) is 5.16 Å². The average molecular weight is 439 g/mol. The number of nitrogens with two attached hydrogens (primary N) is 1. The van der Waals surface area contributed by atoms with Crippen molar-refractivity contribution in [3.05, 3.63) is 46.3 Å². The van der Waals surface area contributed by atoms with Crippen molar-refractivity contribution in [3.8, 4) is 0 Å². The maximum Gasteiger partial charge on any atom is 0.190 e. The van der Waals surface area contributed by atoms with Gasteiger partial charge in [-0.1, -0.05) is 48.5 Å². The predicted octanol–water partition coefficient (Wildman–Crippen LogP) is 5.51. The van der Waals surface area contributed by atoms with Gasteiger partial charge in [0.1, 0.15) is 10.6 Å². The highest BCUT2D eigenvalue weighted by Gasteiger charge is 2.26. The van der Waals surface area contributed by atoms with Gasteiger partial charge in [0.2, 0.25) is 0 Å². The highest BCUT2D eigenvalue weighted by Crippen LogP contribution is 2.42. The van der Waals surface area contributed by atoms with Crippen molar-refractivity contribution in [1.82, 2.24) is 14.9 Å². The summed E-state index contributed by atoms with van der Waals surface area (Å²) in [4.78, 5) is 14.7. The van der Waals surface area contributed by atoms with Crippen LogP contribution in [0.5, 0.6) is 0 Å². The molecule has 1 aromatic carbocycles. The molecule has 1 saturated heterocycles. The molecule has 0 spiro atoms. The first-order valence-corrected chi connectivity index (χ1v) is 13.1. The summed E-state index contributed by atoms with van der Waals surface area (Å²) < 4.78 is 0. The molecule has 4 nitrogen and oxygen atoms in total. The smallest absolute Gasteiger partial charge is 0.190 e. The number of hydrogen-bond donors (Lipinski definition) is 1. The molecule has 2 N–H and O–H groups in total. The maximum absolute atomic E-state index is 6.43. The van der Waals surface area contributed by atoms with Crippen LogP contribution < -0.4 is 5.73 Å². The van der Waals surface area contributed by atoms with Gasteiger partial charge in [-0.3, -0.25) is 0 Å². The van der Waals surface area contributed by atoms with Gasteiger partial charge < -0.3 is 10.6 Å². The largest absolute Gasteiger partial charge is 0.383 e. The summed E-state index contributed by atoms with van der Waals surface area (Å²) in [7, 11) is 0. The lowest BCUT2D eigenvalue weighted by Gasteiger charge is -2.26. The van der Waals surface area contributed by atoms with Crippen LogP contribution in [0.2, 0.25) is 0 Å². The summed E-state index contributed by atoms with van der Waals surface area (Å²) in [6.45, 7) is 3.73. The Balaban J connectivity index is 1.27. The van der Waals surface area contributed by atoms with Crippen molar-refractivity contribution < 1.29 is 0 Å². The molecule has 1 aliphatic carbocycles. The molecule has 2 aliphatic rings. The number of anilines is 1. The van der Waals surface area contributed by atoms with Crippen molar-refractivity contribution in [1.29, 1.82) is 0 Å². The molecule has 1 atom stereocenters. The molecule has 5 rings (SSSR count). The zero-order chi connectivity index (χ0) is 20.3. The molecule has 0 bridgehead atoms. The quantitative estimate of drug-likeness (QED) is 0.312. The van der Waals surface area contributed by atoms with Gasteiger partial charge in [-0.25, -0.2) is 9.97 Å². The standard InChI is InChI=1S/C24H30N4S2/c25-22-21-19-11-10-18(17-8-3-1-4-9-17)16-20(19)30-23(21)27-24(26-22)29-15-7-14-28-12-5-2-6-13-28/h1,3-4,8-9,18H,2,5-7,10-16H2,(H2,25,26,27). The number of thiophene rings is 1. The lowest BCUT2D eigenvalue weighted by molar-refractivity contribution is 0.230. The molecule has 3 heterocycles. The molecule has 0 radical (unpaired) electrons. The number of aryl methyl sites for hydroxylation is 1. The van der Waals surface area contributed by atoms with E-state index < -0.39 is 0 Å². The number of nitrogens with zero attached hydrogens (tertiary/aromatic N) is 3. The highest BCUT2D eigenvalue weighted by atomic mass is 32.2. The molecule has 2 aromatic heterocycles. The summed E-state index contributed by atoms with van der Waals surface area (Å²) >= 11 is 3.59. The number of rotatable bonds is 6. The summed E-state index contributed by atoms with van der Waals surface area (Å²) in [5.41, 5.74) is 9.28. The molecule has 0 amide bonds. The van der Waals surface area contributed by atoms with Crippen LogP contribution in [0, 0.1) is 0 Å². The summed E-state index contributed by atoms with van der Waals surface area (Å²) in [5, 5.41) is 1.97. The number of likely N-dealkylation sites (tertiary alicyclic amines) is 1. The van der Waals surface area contributed by atoms with E-state index in [0.717, 1.165) is 34.0 Å². The first-order valence-electron chi connectivity index (χ1n) is 11.3. The molecule has 30 heavy (non-hydrogen) atoms. The van der Waals surface area contributed by atoms with Crippen LogP contribution >= 0.6 is 23.1 Å². The van der Waals surface area contributed by atoms with E-state index in [1.54, 1.807) is 11.8 Å². The number of thioether (sulfide) groups is 1. The third-order valence-corrected chi connectivity index (χ3v) is 8.57. The van der Waals surface area contributed by atoms with E-state index in [2.05, 4.69) is 40.2 Å². The van der Waals surface area contributed by atoms with Gasteiger partial charge in [-0.2, -0.15) is 0 Å². The second-order valence-electron chi connectivity index (χ2n) is 8.53. The van der Waals surface area contributed by atoms with E-state index >= 15 is 0 Å². The first kappa shape index (κ1) is 20.3. The average Bonchev–Trinajstić information content (AvgIpc) is 3.16. The van der Waals surface area contributed by atoms with Crippen LogP contribution in [-0.2, 0) is 12.8 Å². The van der Waals surface area contributed by atoms with Crippen LogP contribution in [0.25, 0.3) is 10.2 Å². The normalized spacial score (nSPS) is 19.8. The third-order valence-electron chi connectivity index (χ3n) is 6.49. The Kier molecular flexibility index (Phi) is 6.25. The molecule has 6 heteroatoms. The predicted molar refractivity (Wildman–Crippen MR) is 129 cm³/mol. The van der Waals surface area contributed by atoms with Crippen molar-refractivity contribution in [2.24, 2.45) is 0 Å². The first-order chi connectivity index (χ1) is 14.8. The fourth-order valence-electron chi connectivity index (χ4n) is 4.89. The number of piperidine rings is 1. The zero-order valence-corrected chi connectivity index (χ0v) is 19.1. The van der Waals surface area contributed by atoms with E-state index in [0.29, 0.717) is 11.7 Å². The highest BCUT2D eigenvalue weighted by molar-refractivity contribution is 7.99. The van der Waals surface area contributed by atoms with Gasteiger partial charge >= 0.3 is 0 Å². The second-order valence-corrected chi connectivity index (χ2v) is 10.7. The van der Waals surface area contributed by atoms with Crippen molar-refractivity contribution in [2.75, 3.05) is 31.1 Å². The summed E-state index contributed by atoms with van der Waals surface area (Å²) in [6, 6.07) is 10.9. The maximum atomic E-state index is 6.43. The number of fused-ring (bicyclic) bond motifs is 3. The molecular weight excluding hydrogens is 408 g/mol. The number of aromatic nitrogens is 2. The summed E-state index contributed by atoms with van der Waals surface area (Å²) in [6.07, 6.45) is 8.65. The van der Waals surface area contributed by atoms with Crippen molar-refractivity contribution in [3.63, 3.8) is 0 Å². The molecule has 1 aliphatic heterocycles. The topological polar surface area (TPSA) is 55.0 Å². The second kappa shape index (κ2) is 9.25. The molecule has 1 fully saturated rings. The van der Waals surface area contributed by atoms with Crippen LogP contribution in [0.1, 0.15) is 54.0 Å². The van der Waals surface area contributed by atoms with E-state index in [4.69, 9.17) is 10.7 Å². The number of nitrogen functional groups attached to an aromatic ring is 1. The Morgan fingerprint density at radius 2 is 1.93 bits per heavy atom. The zero-order valence-electron chi connectivity index (χ0n) is 17.5. The molecule has 1 unspecified atom stereocenters. The van der Waals surface area contributed by atoms with Crippen LogP contribution in [0.4, 0.5) is 5.82 Å². The number of benzene rings is 1. The van der Waals surface area contributed by atoms with Gasteiger partial charge in [0.05, 0.1) is 5.39 Å². The Morgan fingerprint density at radius 3 is 2.77 bits per heavy atom. The molecule has 158 valence electrons. The minimum atomic E-state index is 0.601. The van der Waals surface area contributed by atoms with Crippen LogP contribution in [0.15, 0.2) is 35.5 Å². The van der Waals surface area contributed by atoms with E-state index in [-0.39, 0.29) is 0 Å². The fourth-order valence-corrected chi connectivity index (χ4v) is 7.03. The molecular formula is C24H30N4S2. The SMILES string of the molecule is Nc1nc(SCCCN2CCCCC2)nc2sc3c(c12)CCC(c1ccccc1)C3. The monoisotopic (exact) mass is 438 g/mol. The molecule has 3 aromatic rings. The van der Waals surface area contributed by atoms with Crippen LogP contribution in [0.3, 0.4) is 0 Å². The van der Waals surface area contributed by atoms with E-state index in [9.17, 15) is 0 Å². The lowest BCUT2D eigenvalue weighted by atomic mass is 9.83. The minimum absolute atomic E-state index is 0.601. The Labute approximate surface area is 187 Å². The van der Waals surface area contributed by atoms with Gasteiger partial charge in [0, 0.05) is 10.6 Å². The van der Waals surface area contributed by atoms with Gasteiger partial charge in [0.25, 0.3) is 0 Å². The number of hydrogen-bond acceptors (Lipinski definition) is 6. The van der Waals surface area contributed by atoms with Gasteiger partial charge in [-0.05, 0) is 75.2 Å². The van der Waals surface area contributed by atoms with E-state index in [1.807, 2.05) is 11.3 Å². The van der Waals surface area contributed by atoms with Crippen molar-refractivity contribution in [2.45, 2.75) is 56.0 Å². The minimum Gasteiger partial charge on any atom is -0.383 e. The Bertz CT molecular complexity index is 995. The Morgan fingerprint density at radius 1 is 1.10 bits per heavy atom. The van der Waals surface area contributed by atoms with E-state index in [1.165, 1.54) is 67.7 Å². The fraction of sp³-hybridized carbons (Fsp3) is 0.500. The summed E-state index contributed by atoms with van der Waals surface area (Å²) in [5.74, 6) is 2.33. The van der Waals surface area contributed by atoms with Gasteiger partial charge in [-0.15, -0.1) is 11.3 Å². The molecule has 0 saturated carbocycles. The Hall–Kier alpha value is -1.63. The third kappa shape index (κ3) is 4.36. The lowest BCUT2D eigenvalue weighted by Crippen LogP contribution is -2.30.